The summed E-state index contributed by atoms with van der Waals surface area (Å²) in [6.45, 7) is 5.45. The first-order chi connectivity index (χ1) is 16.2. The van der Waals surface area contributed by atoms with E-state index in [2.05, 4.69) is 31.6 Å². The molecular weight excluding hydrogens is 445 g/mol. The van der Waals surface area contributed by atoms with Crippen molar-refractivity contribution in [2.45, 2.75) is 58.5 Å². The number of nitrogens with one attached hydrogen (secondary N) is 4. The summed E-state index contributed by atoms with van der Waals surface area (Å²) in [6.07, 6.45) is 0.637. The number of aromatic nitrogens is 3. The van der Waals surface area contributed by atoms with Gasteiger partial charge in [0.2, 0.25) is 5.91 Å². The number of ether oxygens (including phenoxy) is 1. The van der Waals surface area contributed by atoms with E-state index in [4.69, 9.17) is 4.74 Å². The van der Waals surface area contributed by atoms with Crippen LogP contribution in [0.2, 0.25) is 0 Å². The maximum absolute atomic E-state index is 12.8. The number of amides is 4. The van der Waals surface area contributed by atoms with E-state index in [1.807, 2.05) is 30.3 Å². The fourth-order valence-corrected chi connectivity index (χ4v) is 2.78. The van der Waals surface area contributed by atoms with Crippen molar-refractivity contribution in [2.24, 2.45) is 0 Å². The van der Waals surface area contributed by atoms with Gasteiger partial charge in [0.25, 0.3) is 0 Å². The molecule has 0 aliphatic heterocycles. The van der Waals surface area contributed by atoms with Crippen molar-refractivity contribution >= 4 is 18.0 Å². The van der Waals surface area contributed by atoms with Crippen LogP contribution in [0.25, 0.3) is 0 Å². The number of nitrogens with zero attached hydrogens (tertiary/aromatic N) is 3. The molecule has 0 saturated carbocycles. The van der Waals surface area contributed by atoms with Gasteiger partial charge in [-0.15, -0.1) is 5.10 Å². The van der Waals surface area contributed by atoms with Crippen LogP contribution in [0.1, 0.15) is 38.4 Å². The summed E-state index contributed by atoms with van der Waals surface area (Å²) in [5.41, 5.74) is 0.727. The number of halogens is 1. The first-order valence-electron chi connectivity index (χ1n) is 10.9. The number of urea groups is 1. The predicted molar refractivity (Wildman–Crippen MR) is 122 cm³/mol. The predicted octanol–water partition coefficient (Wildman–Crippen LogP) is 1.65. The van der Waals surface area contributed by atoms with Gasteiger partial charge in [-0.2, -0.15) is 0 Å². The van der Waals surface area contributed by atoms with Crippen LogP contribution in [0.15, 0.2) is 36.5 Å². The van der Waals surface area contributed by atoms with Crippen molar-refractivity contribution in [2.75, 3.05) is 13.2 Å². The van der Waals surface area contributed by atoms with E-state index in [0.29, 0.717) is 25.3 Å². The second kappa shape index (κ2) is 13.1. The van der Waals surface area contributed by atoms with Gasteiger partial charge in [0.1, 0.15) is 17.3 Å². The maximum Gasteiger partial charge on any atom is 0.408 e. The van der Waals surface area contributed by atoms with Gasteiger partial charge < -0.3 is 26.0 Å². The molecule has 0 bridgehead atoms. The number of carbonyl (C=O) groups excluding carboxylic acids is 3. The highest BCUT2D eigenvalue weighted by atomic mass is 19.1. The molecule has 34 heavy (non-hydrogen) atoms. The average Bonchev–Trinajstić information content (AvgIpc) is 3.23. The Morgan fingerprint density at radius 2 is 1.82 bits per heavy atom. The molecule has 1 heterocycles. The quantitative estimate of drug-likeness (QED) is 0.388. The van der Waals surface area contributed by atoms with Crippen LogP contribution in [-0.4, -0.2) is 57.9 Å². The van der Waals surface area contributed by atoms with Crippen LogP contribution in [0, 0.1) is 0 Å². The molecule has 1 atom stereocenters. The van der Waals surface area contributed by atoms with Gasteiger partial charge in [-0.1, -0.05) is 35.5 Å². The summed E-state index contributed by atoms with van der Waals surface area (Å²) in [6, 6.07) is 8.18. The van der Waals surface area contributed by atoms with Crippen molar-refractivity contribution in [3.63, 3.8) is 0 Å². The molecule has 0 spiro atoms. The Balaban J connectivity index is 1.72. The van der Waals surface area contributed by atoms with E-state index in [1.165, 1.54) is 4.68 Å². The third-order valence-electron chi connectivity index (χ3n) is 4.36. The summed E-state index contributed by atoms with van der Waals surface area (Å²) in [5, 5.41) is 18.4. The molecule has 4 N–H and O–H groups in total. The first-order valence-corrected chi connectivity index (χ1v) is 10.9. The fourth-order valence-electron chi connectivity index (χ4n) is 2.78. The van der Waals surface area contributed by atoms with Gasteiger partial charge in [0.05, 0.1) is 26.0 Å². The van der Waals surface area contributed by atoms with Crippen LogP contribution >= 0.6 is 0 Å². The molecule has 1 aromatic carbocycles. The van der Waals surface area contributed by atoms with Crippen molar-refractivity contribution < 1.29 is 23.5 Å². The highest BCUT2D eigenvalue weighted by Crippen LogP contribution is 2.07. The van der Waals surface area contributed by atoms with Crippen LogP contribution in [-0.2, 0) is 29.2 Å². The maximum atomic E-state index is 12.8. The summed E-state index contributed by atoms with van der Waals surface area (Å²) >= 11 is 0. The molecule has 1 aromatic heterocycles. The summed E-state index contributed by atoms with van der Waals surface area (Å²) in [7, 11) is 0. The third kappa shape index (κ3) is 10.3. The number of carbonyl (C=O) groups is 3. The minimum absolute atomic E-state index is 0.0443. The van der Waals surface area contributed by atoms with E-state index in [9.17, 15) is 18.8 Å². The third-order valence-corrected chi connectivity index (χ3v) is 4.36. The molecule has 0 aliphatic rings. The second-order valence-electron chi connectivity index (χ2n) is 8.46. The lowest BCUT2D eigenvalue weighted by Gasteiger charge is -2.22. The molecule has 11 nitrogen and oxygen atoms in total. The van der Waals surface area contributed by atoms with Crippen LogP contribution in [0.4, 0.5) is 14.0 Å². The zero-order valence-corrected chi connectivity index (χ0v) is 19.6. The molecule has 12 heteroatoms. The molecular formula is C22H32FN7O4. The standard InChI is InChI=1S/C22H32FN7O4/c1-22(2,3)34-21(33)27-18(9-10-23)19(31)25-14-17-15-30(29-28-17)12-11-24-20(32)26-13-16-7-5-4-6-8-16/h4-8,15,18H,9-14H2,1-3H3,(H,25,31)(H,27,33)(H2,24,26,32). The molecule has 0 aliphatic carbocycles. The van der Waals surface area contributed by atoms with E-state index in [1.54, 1.807) is 27.0 Å². The SMILES string of the molecule is CC(C)(C)OC(=O)NC(CCF)C(=O)NCc1cn(CCNC(=O)NCc2ccccc2)nn1. The van der Waals surface area contributed by atoms with Gasteiger partial charge in [0, 0.05) is 19.5 Å². The molecule has 0 radical (unpaired) electrons. The lowest BCUT2D eigenvalue weighted by atomic mass is 10.2. The number of alkyl halides is 1. The lowest BCUT2D eigenvalue weighted by molar-refractivity contribution is -0.123. The molecule has 1 unspecified atom stereocenters. The monoisotopic (exact) mass is 477 g/mol. The van der Waals surface area contributed by atoms with Crippen LogP contribution < -0.4 is 21.3 Å². The van der Waals surface area contributed by atoms with Crippen molar-refractivity contribution in [1.82, 2.24) is 36.3 Å². The number of hydrogen-bond donors (Lipinski definition) is 4. The molecule has 4 amide bonds. The van der Waals surface area contributed by atoms with Gasteiger partial charge >= 0.3 is 12.1 Å². The van der Waals surface area contributed by atoms with Gasteiger partial charge in [0.15, 0.2) is 0 Å². The fraction of sp³-hybridized carbons (Fsp3) is 0.500. The number of benzene rings is 1. The Labute approximate surface area is 197 Å². The summed E-state index contributed by atoms with van der Waals surface area (Å²) in [4.78, 5) is 36.1. The number of hydrogen-bond acceptors (Lipinski definition) is 6. The Kier molecular flexibility index (Phi) is 10.2. The molecule has 0 saturated heterocycles. The highest BCUT2D eigenvalue weighted by molar-refractivity contribution is 5.85. The van der Waals surface area contributed by atoms with E-state index < -0.39 is 30.3 Å². The van der Waals surface area contributed by atoms with E-state index in [-0.39, 0.29) is 19.0 Å². The van der Waals surface area contributed by atoms with Crippen molar-refractivity contribution in [3.8, 4) is 0 Å². The van der Waals surface area contributed by atoms with Crippen molar-refractivity contribution in [3.05, 3.63) is 47.8 Å². The van der Waals surface area contributed by atoms with Gasteiger partial charge in [-0.3, -0.25) is 13.9 Å². The van der Waals surface area contributed by atoms with Crippen LogP contribution in [0.5, 0.6) is 0 Å². The Bertz CT molecular complexity index is 931. The average molecular weight is 478 g/mol. The second-order valence-corrected chi connectivity index (χ2v) is 8.46. The summed E-state index contributed by atoms with van der Waals surface area (Å²) in [5.74, 6) is -0.560. The minimum atomic E-state index is -1.08. The Hall–Kier alpha value is -3.70. The zero-order valence-electron chi connectivity index (χ0n) is 19.6. The topological polar surface area (TPSA) is 139 Å². The van der Waals surface area contributed by atoms with Gasteiger partial charge in [-0.25, -0.2) is 9.59 Å². The highest BCUT2D eigenvalue weighted by Gasteiger charge is 2.24. The molecule has 2 rings (SSSR count). The largest absolute Gasteiger partial charge is 0.444 e. The first kappa shape index (κ1) is 26.6. The van der Waals surface area contributed by atoms with Crippen molar-refractivity contribution in [1.29, 1.82) is 0 Å². The Morgan fingerprint density at radius 1 is 1.09 bits per heavy atom. The normalized spacial score (nSPS) is 11.9. The minimum Gasteiger partial charge on any atom is -0.444 e. The smallest absolute Gasteiger partial charge is 0.408 e. The molecule has 186 valence electrons. The molecule has 2 aromatic rings. The Morgan fingerprint density at radius 3 is 2.50 bits per heavy atom. The van der Waals surface area contributed by atoms with E-state index >= 15 is 0 Å². The number of rotatable bonds is 11. The summed E-state index contributed by atoms with van der Waals surface area (Å²) < 4.78 is 19.5. The van der Waals surface area contributed by atoms with E-state index in [0.717, 1.165) is 5.56 Å². The molecule has 0 fully saturated rings. The van der Waals surface area contributed by atoms with Crippen LogP contribution in [0.3, 0.4) is 0 Å². The lowest BCUT2D eigenvalue weighted by Crippen LogP contribution is -2.48. The zero-order chi connectivity index (χ0) is 25.0. The number of alkyl carbamates (subject to hydrolysis) is 1. The van der Waals surface area contributed by atoms with Gasteiger partial charge in [-0.05, 0) is 26.3 Å².